The highest BCUT2D eigenvalue weighted by Gasteiger charge is 2.14. The fraction of sp³-hybridized carbons (Fsp3) is 0.286. The third-order valence-electron chi connectivity index (χ3n) is 2.98. The summed E-state index contributed by atoms with van der Waals surface area (Å²) in [5.74, 6) is 0.890. The molecule has 7 heteroatoms. The van der Waals surface area contributed by atoms with Crippen LogP contribution in [0.5, 0.6) is 0 Å². The molecule has 2 aromatic rings. The molecule has 0 unspecified atom stereocenters. The number of rotatable bonds is 5. The lowest BCUT2D eigenvalue weighted by Gasteiger charge is -2.09. The van der Waals surface area contributed by atoms with Gasteiger partial charge in [0.05, 0.1) is 5.56 Å². The zero-order chi connectivity index (χ0) is 15.4. The Balaban J connectivity index is 2.54. The molecule has 1 aromatic heterocycles. The van der Waals surface area contributed by atoms with Crippen molar-refractivity contribution in [2.45, 2.75) is 13.0 Å². The van der Waals surface area contributed by atoms with Crippen LogP contribution in [0.15, 0.2) is 38.3 Å². The van der Waals surface area contributed by atoms with E-state index in [1.54, 1.807) is 23.9 Å². The molecule has 21 heavy (non-hydrogen) atoms. The molecule has 0 bridgehead atoms. The molecule has 2 rings (SSSR count). The number of H-pyrrole nitrogens is 1. The zero-order valence-electron chi connectivity index (χ0n) is 11.4. The molecule has 1 aromatic carbocycles. The van der Waals surface area contributed by atoms with Gasteiger partial charge in [-0.15, -0.1) is 0 Å². The maximum absolute atomic E-state index is 12.6. The second kappa shape index (κ2) is 7.33. The summed E-state index contributed by atoms with van der Waals surface area (Å²) in [7, 11) is 0. The molecule has 1 N–H and O–H groups in total. The van der Waals surface area contributed by atoms with Gasteiger partial charge in [0.15, 0.2) is 0 Å². The van der Waals surface area contributed by atoms with Crippen LogP contribution in [0.3, 0.4) is 0 Å². The highest BCUT2D eigenvalue weighted by atomic mass is 79.9. The minimum atomic E-state index is -0.468. The van der Waals surface area contributed by atoms with Crippen LogP contribution in [0, 0.1) is 0 Å². The standard InChI is InChI=1S/C14H14BrClN2O2S/c1-21-7-3-6-18-13(19)11(12(16)17-14(18)20)9-4-2-5-10(15)8-9/h2,4-5,8H,3,6-7H2,1H3,(H,17,20). The molecular weight excluding hydrogens is 376 g/mol. The van der Waals surface area contributed by atoms with E-state index in [1.165, 1.54) is 4.57 Å². The molecule has 0 spiro atoms. The van der Waals surface area contributed by atoms with Crippen molar-refractivity contribution in [3.63, 3.8) is 0 Å². The summed E-state index contributed by atoms with van der Waals surface area (Å²) in [5.41, 5.74) is 0.170. The molecule has 1 heterocycles. The summed E-state index contributed by atoms with van der Waals surface area (Å²) in [6.07, 6.45) is 2.74. The molecule has 0 amide bonds. The van der Waals surface area contributed by atoms with Crippen molar-refractivity contribution < 1.29 is 0 Å². The highest BCUT2D eigenvalue weighted by Crippen LogP contribution is 2.24. The Kier molecular flexibility index (Phi) is 5.72. The van der Waals surface area contributed by atoms with E-state index >= 15 is 0 Å². The Bertz CT molecular complexity index is 757. The van der Waals surface area contributed by atoms with Gasteiger partial charge in [-0.25, -0.2) is 4.79 Å². The van der Waals surface area contributed by atoms with E-state index in [2.05, 4.69) is 20.9 Å². The minimum Gasteiger partial charge on any atom is -0.297 e. The summed E-state index contributed by atoms with van der Waals surface area (Å²) >= 11 is 11.1. The van der Waals surface area contributed by atoms with Crippen LogP contribution in [-0.4, -0.2) is 21.6 Å². The number of hydrogen-bond donors (Lipinski definition) is 1. The van der Waals surface area contributed by atoms with Gasteiger partial charge in [-0.2, -0.15) is 11.8 Å². The Morgan fingerprint density at radius 1 is 1.38 bits per heavy atom. The number of benzene rings is 1. The Morgan fingerprint density at radius 3 is 2.81 bits per heavy atom. The number of aromatic amines is 1. The maximum atomic E-state index is 12.6. The van der Waals surface area contributed by atoms with Crippen LogP contribution in [0.4, 0.5) is 0 Å². The van der Waals surface area contributed by atoms with Crippen LogP contribution in [0.1, 0.15) is 6.42 Å². The first-order valence-electron chi connectivity index (χ1n) is 6.32. The average Bonchev–Trinajstić information content (AvgIpc) is 2.42. The van der Waals surface area contributed by atoms with Crippen molar-refractivity contribution in [3.8, 4) is 11.1 Å². The van der Waals surface area contributed by atoms with E-state index in [9.17, 15) is 9.59 Å². The summed E-state index contributed by atoms with van der Waals surface area (Å²) in [6.45, 7) is 0.382. The highest BCUT2D eigenvalue weighted by molar-refractivity contribution is 9.10. The largest absolute Gasteiger partial charge is 0.329 e. The Labute approximate surface area is 139 Å². The van der Waals surface area contributed by atoms with Crippen LogP contribution in [0.2, 0.25) is 5.15 Å². The summed E-state index contributed by atoms with van der Waals surface area (Å²) in [4.78, 5) is 27.0. The quantitative estimate of drug-likeness (QED) is 0.630. The third-order valence-corrected chi connectivity index (χ3v) is 4.46. The van der Waals surface area contributed by atoms with E-state index in [4.69, 9.17) is 11.6 Å². The molecule has 0 atom stereocenters. The number of hydrogen-bond acceptors (Lipinski definition) is 3. The van der Waals surface area contributed by atoms with E-state index in [0.717, 1.165) is 16.6 Å². The number of halogens is 2. The number of aromatic nitrogens is 2. The molecule has 0 fully saturated rings. The SMILES string of the molecule is CSCCCn1c(=O)[nH]c(Cl)c(-c2cccc(Br)c2)c1=O. The molecule has 0 saturated carbocycles. The van der Waals surface area contributed by atoms with Gasteiger partial charge in [0.2, 0.25) is 0 Å². The van der Waals surface area contributed by atoms with Crippen molar-refractivity contribution in [1.29, 1.82) is 0 Å². The second-order valence-corrected chi connectivity index (χ2v) is 6.71. The first-order chi connectivity index (χ1) is 10.0. The van der Waals surface area contributed by atoms with Crippen LogP contribution < -0.4 is 11.2 Å². The predicted molar refractivity (Wildman–Crippen MR) is 92.5 cm³/mol. The van der Waals surface area contributed by atoms with E-state index in [-0.39, 0.29) is 10.7 Å². The zero-order valence-corrected chi connectivity index (χ0v) is 14.5. The van der Waals surface area contributed by atoms with Crippen molar-refractivity contribution >= 4 is 39.3 Å². The normalized spacial score (nSPS) is 10.8. The molecule has 0 saturated heterocycles. The van der Waals surface area contributed by atoms with Gasteiger partial charge >= 0.3 is 5.69 Å². The van der Waals surface area contributed by atoms with Gasteiger partial charge in [0, 0.05) is 11.0 Å². The summed E-state index contributed by atoms with van der Waals surface area (Å²) < 4.78 is 2.05. The van der Waals surface area contributed by atoms with Gasteiger partial charge in [0.1, 0.15) is 5.15 Å². The van der Waals surface area contributed by atoms with Crippen molar-refractivity contribution in [3.05, 3.63) is 54.7 Å². The monoisotopic (exact) mass is 388 g/mol. The molecule has 0 radical (unpaired) electrons. The molecule has 0 aliphatic rings. The Hall–Kier alpha value is -0.980. The molecule has 0 aliphatic heterocycles. The number of nitrogens with zero attached hydrogens (tertiary/aromatic N) is 1. The fourth-order valence-electron chi connectivity index (χ4n) is 2.01. The second-order valence-electron chi connectivity index (χ2n) is 4.43. The number of nitrogens with one attached hydrogen (secondary N) is 1. The van der Waals surface area contributed by atoms with Crippen LogP contribution in [0.25, 0.3) is 11.1 Å². The summed E-state index contributed by atoms with van der Waals surface area (Å²) in [6, 6.07) is 7.27. The van der Waals surface area contributed by atoms with Gasteiger partial charge in [0.25, 0.3) is 5.56 Å². The predicted octanol–water partition coefficient (Wildman–Crippen LogP) is 3.37. The van der Waals surface area contributed by atoms with Crippen LogP contribution in [-0.2, 0) is 6.54 Å². The topological polar surface area (TPSA) is 54.9 Å². The van der Waals surface area contributed by atoms with Gasteiger partial charge < -0.3 is 0 Å². The lowest BCUT2D eigenvalue weighted by atomic mass is 10.1. The Morgan fingerprint density at radius 2 is 2.14 bits per heavy atom. The minimum absolute atomic E-state index is 0.0733. The lowest BCUT2D eigenvalue weighted by molar-refractivity contribution is 0.620. The van der Waals surface area contributed by atoms with Crippen molar-refractivity contribution in [2.24, 2.45) is 0 Å². The maximum Gasteiger partial charge on any atom is 0.329 e. The molecule has 112 valence electrons. The van der Waals surface area contributed by atoms with Gasteiger partial charge in [-0.1, -0.05) is 39.7 Å². The summed E-state index contributed by atoms with van der Waals surface area (Å²) in [5, 5.41) is 0.0733. The van der Waals surface area contributed by atoms with E-state index in [0.29, 0.717) is 17.7 Å². The lowest BCUT2D eigenvalue weighted by Crippen LogP contribution is -2.36. The molecule has 4 nitrogen and oxygen atoms in total. The van der Waals surface area contributed by atoms with Crippen molar-refractivity contribution in [2.75, 3.05) is 12.0 Å². The smallest absolute Gasteiger partial charge is 0.297 e. The first-order valence-corrected chi connectivity index (χ1v) is 8.88. The van der Waals surface area contributed by atoms with Crippen molar-refractivity contribution in [1.82, 2.24) is 9.55 Å². The van der Waals surface area contributed by atoms with E-state index < -0.39 is 5.69 Å². The van der Waals surface area contributed by atoms with Gasteiger partial charge in [-0.05, 0) is 36.1 Å². The fourth-order valence-corrected chi connectivity index (χ4v) is 3.10. The molecule has 0 aliphatic carbocycles. The molecular formula is C14H14BrClN2O2S. The van der Waals surface area contributed by atoms with Crippen LogP contribution >= 0.6 is 39.3 Å². The first kappa shape index (κ1) is 16.4. The van der Waals surface area contributed by atoms with Gasteiger partial charge in [-0.3, -0.25) is 14.3 Å². The third kappa shape index (κ3) is 3.81. The number of thioether (sulfide) groups is 1. The average molecular weight is 390 g/mol. The van der Waals surface area contributed by atoms with E-state index in [1.807, 2.05) is 18.4 Å².